The lowest BCUT2D eigenvalue weighted by Gasteiger charge is -2.26. The topological polar surface area (TPSA) is 29.1 Å². The Morgan fingerprint density at radius 1 is 1.47 bits per heavy atom. The summed E-state index contributed by atoms with van der Waals surface area (Å²) in [6.45, 7) is 3.17. The Hall–Kier alpha value is -0.100. The van der Waals surface area contributed by atoms with Gasteiger partial charge in [0.05, 0.1) is 8.45 Å². The summed E-state index contributed by atoms with van der Waals surface area (Å²) in [6.07, 6.45) is 5.17. The first kappa shape index (κ1) is 13.3. The summed E-state index contributed by atoms with van der Waals surface area (Å²) in [5.41, 5.74) is 0.809. The molecule has 1 fully saturated rings. The number of rotatable bonds is 3. The van der Waals surface area contributed by atoms with Gasteiger partial charge in [0.1, 0.15) is 0 Å². The summed E-state index contributed by atoms with van der Waals surface area (Å²) in [6, 6.07) is 1.95. The number of halogens is 1. The predicted molar refractivity (Wildman–Crippen MR) is 80.5 cm³/mol. The zero-order valence-electron chi connectivity index (χ0n) is 10.0. The zero-order chi connectivity index (χ0) is 12.3. The first-order valence-electron chi connectivity index (χ1n) is 6.17. The van der Waals surface area contributed by atoms with E-state index in [0.29, 0.717) is 5.92 Å². The van der Waals surface area contributed by atoms with Crippen molar-refractivity contribution in [3.8, 4) is 0 Å². The van der Waals surface area contributed by atoms with Crippen LogP contribution in [-0.2, 0) is 0 Å². The van der Waals surface area contributed by atoms with E-state index in [1.165, 1.54) is 28.6 Å². The Labute approximate surface area is 120 Å². The van der Waals surface area contributed by atoms with Crippen LogP contribution in [0.25, 0.3) is 0 Å². The van der Waals surface area contributed by atoms with Crippen LogP contribution in [0.15, 0.2) is 11.4 Å². The van der Waals surface area contributed by atoms with Gasteiger partial charge in [-0.1, -0.05) is 19.8 Å². The van der Waals surface area contributed by atoms with Gasteiger partial charge < -0.3 is 5.32 Å². The van der Waals surface area contributed by atoms with E-state index < -0.39 is 0 Å². The molecular formula is C13H18INOS. The molecule has 1 aromatic heterocycles. The Morgan fingerprint density at radius 2 is 2.18 bits per heavy atom. The van der Waals surface area contributed by atoms with E-state index in [4.69, 9.17) is 0 Å². The van der Waals surface area contributed by atoms with Crippen LogP contribution in [-0.4, -0.2) is 12.5 Å². The molecule has 1 amide bonds. The molecular weight excluding hydrogens is 345 g/mol. The Kier molecular flexibility index (Phi) is 4.85. The molecule has 1 N–H and O–H groups in total. The van der Waals surface area contributed by atoms with E-state index in [9.17, 15) is 4.79 Å². The lowest BCUT2D eigenvalue weighted by atomic mass is 9.83. The van der Waals surface area contributed by atoms with Gasteiger partial charge in [0.25, 0.3) is 5.91 Å². The fourth-order valence-corrected chi connectivity index (χ4v) is 3.63. The molecule has 1 heterocycles. The van der Waals surface area contributed by atoms with Gasteiger partial charge in [-0.3, -0.25) is 4.79 Å². The molecule has 1 aliphatic rings. The van der Waals surface area contributed by atoms with E-state index in [1.54, 1.807) is 11.3 Å². The molecule has 1 aromatic rings. The van der Waals surface area contributed by atoms with Crippen molar-refractivity contribution in [2.45, 2.75) is 32.6 Å². The van der Waals surface area contributed by atoms with E-state index in [1.807, 2.05) is 11.4 Å². The van der Waals surface area contributed by atoms with Gasteiger partial charge in [0.15, 0.2) is 0 Å². The van der Waals surface area contributed by atoms with Gasteiger partial charge >= 0.3 is 0 Å². The Morgan fingerprint density at radius 3 is 2.76 bits per heavy atom. The van der Waals surface area contributed by atoms with Gasteiger partial charge in [-0.2, -0.15) is 0 Å². The molecule has 0 spiro atoms. The molecule has 0 aliphatic heterocycles. The van der Waals surface area contributed by atoms with Crippen molar-refractivity contribution in [1.82, 2.24) is 5.32 Å². The third kappa shape index (κ3) is 3.95. The van der Waals surface area contributed by atoms with Crippen molar-refractivity contribution in [1.29, 1.82) is 0 Å². The molecule has 0 saturated heterocycles. The molecule has 1 saturated carbocycles. The predicted octanol–water partition coefficient (Wildman–Crippen LogP) is 3.91. The zero-order valence-corrected chi connectivity index (χ0v) is 13.0. The monoisotopic (exact) mass is 363 g/mol. The summed E-state index contributed by atoms with van der Waals surface area (Å²) in [5.74, 6) is 1.65. The van der Waals surface area contributed by atoms with Gasteiger partial charge in [-0.05, 0) is 53.3 Å². The third-order valence-corrected chi connectivity index (χ3v) is 5.31. The van der Waals surface area contributed by atoms with Crippen molar-refractivity contribution < 1.29 is 4.79 Å². The second-order valence-electron chi connectivity index (χ2n) is 4.98. The van der Waals surface area contributed by atoms with Crippen LogP contribution in [0.2, 0.25) is 0 Å². The summed E-state index contributed by atoms with van der Waals surface area (Å²) in [5, 5.41) is 4.99. The summed E-state index contributed by atoms with van der Waals surface area (Å²) in [4.78, 5) is 11.9. The van der Waals surface area contributed by atoms with E-state index in [-0.39, 0.29) is 5.91 Å². The molecule has 2 nitrogen and oxygen atoms in total. The average molecular weight is 363 g/mol. The van der Waals surface area contributed by atoms with Crippen molar-refractivity contribution in [2.75, 3.05) is 6.54 Å². The lowest BCUT2D eigenvalue weighted by Crippen LogP contribution is -2.30. The van der Waals surface area contributed by atoms with E-state index in [0.717, 1.165) is 18.0 Å². The summed E-state index contributed by atoms with van der Waals surface area (Å²) < 4.78 is 1.17. The Balaban J connectivity index is 1.76. The highest BCUT2D eigenvalue weighted by molar-refractivity contribution is 14.1. The van der Waals surface area contributed by atoms with E-state index in [2.05, 4.69) is 34.8 Å². The van der Waals surface area contributed by atoms with Crippen molar-refractivity contribution in [2.24, 2.45) is 11.8 Å². The highest BCUT2D eigenvalue weighted by Crippen LogP contribution is 2.27. The summed E-state index contributed by atoms with van der Waals surface area (Å²) in [7, 11) is 0. The molecule has 94 valence electrons. The average Bonchev–Trinajstić information content (AvgIpc) is 2.75. The lowest BCUT2D eigenvalue weighted by molar-refractivity contribution is 0.0942. The number of nitrogens with one attached hydrogen (secondary N) is 1. The highest BCUT2D eigenvalue weighted by Gasteiger charge is 2.19. The SMILES string of the molecule is CC1CCC(CNC(=O)c2csc(I)c2)CC1. The minimum atomic E-state index is 0.0859. The number of carbonyl (C=O) groups excluding carboxylic acids is 1. The quantitative estimate of drug-likeness (QED) is 0.811. The second-order valence-corrected chi connectivity index (χ2v) is 7.78. The standard InChI is InChI=1S/C13H18INOS/c1-9-2-4-10(5-3-9)7-15-13(16)11-6-12(14)17-8-11/h6,8-10H,2-5,7H2,1H3,(H,15,16). The van der Waals surface area contributed by atoms with Crippen LogP contribution >= 0.6 is 33.9 Å². The molecule has 4 heteroatoms. The van der Waals surface area contributed by atoms with Crippen LogP contribution in [0.3, 0.4) is 0 Å². The molecule has 2 rings (SSSR count). The van der Waals surface area contributed by atoms with Crippen LogP contribution in [0, 0.1) is 14.7 Å². The smallest absolute Gasteiger partial charge is 0.252 e. The second kappa shape index (κ2) is 6.18. The number of hydrogen-bond acceptors (Lipinski definition) is 2. The number of amides is 1. The van der Waals surface area contributed by atoms with Gasteiger partial charge in [-0.25, -0.2) is 0 Å². The maximum absolute atomic E-state index is 11.9. The van der Waals surface area contributed by atoms with Gasteiger partial charge in [0, 0.05) is 11.9 Å². The normalized spacial score (nSPS) is 24.6. The molecule has 1 aliphatic carbocycles. The molecule has 0 radical (unpaired) electrons. The molecule has 0 bridgehead atoms. The summed E-state index contributed by atoms with van der Waals surface area (Å²) >= 11 is 3.87. The van der Waals surface area contributed by atoms with E-state index >= 15 is 0 Å². The fourth-order valence-electron chi connectivity index (χ4n) is 2.30. The van der Waals surface area contributed by atoms with Crippen molar-refractivity contribution in [3.63, 3.8) is 0 Å². The Bertz CT molecular complexity index is 383. The molecule has 17 heavy (non-hydrogen) atoms. The van der Waals surface area contributed by atoms with Crippen molar-refractivity contribution in [3.05, 3.63) is 19.9 Å². The molecule has 0 unspecified atom stereocenters. The van der Waals surface area contributed by atoms with Gasteiger partial charge in [-0.15, -0.1) is 11.3 Å². The molecule has 0 aromatic carbocycles. The third-order valence-electron chi connectivity index (χ3n) is 3.52. The maximum atomic E-state index is 11.9. The highest BCUT2D eigenvalue weighted by atomic mass is 127. The largest absolute Gasteiger partial charge is 0.352 e. The number of carbonyl (C=O) groups is 1. The van der Waals surface area contributed by atoms with Gasteiger partial charge in [0.2, 0.25) is 0 Å². The van der Waals surface area contributed by atoms with Crippen LogP contribution in [0.1, 0.15) is 43.0 Å². The molecule has 0 atom stereocenters. The number of thiophene rings is 1. The van der Waals surface area contributed by atoms with Crippen LogP contribution in [0.4, 0.5) is 0 Å². The minimum Gasteiger partial charge on any atom is -0.352 e. The van der Waals surface area contributed by atoms with Crippen molar-refractivity contribution >= 4 is 39.8 Å². The fraction of sp³-hybridized carbons (Fsp3) is 0.615. The minimum absolute atomic E-state index is 0.0859. The maximum Gasteiger partial charge on any atom is 0.252 e. The first-order chi connectivity index (χ1) is 8.15. The number of hydrogen-bond donors (Lipinski definition) is 1. The first-order valence-corrected chi connectivity index (χ1v) is 8.13. The van der Waals surface area contributed by atoms with Crippen LogP contribution < -0.4 is 5.32 Å². The van der Waals surface area contributed by atoms with Crippen LogP contribution in [0.5, 0.6) is 0 Å².